The second-order valence-corrected chi connectivity index (χ2v) is 8.28. The van der Waals surface area contributed by atoms with Gasteiger partial charge in [-0.15, -0.1) is 0 Å². The highest BCUT2D eigenvalue weighted by molar-refractivity contribution is 6.00. The lowest BCUT2D eigenvalue weighted by Crippen LogP contribution is -2.42. The van der Waals surface area contributed by atoms with Crippen LogP contribution >= 0.6 is 0 Å². The van der Waals surface area contributed by atoms with Crippen LogP contribution in [-0.2, 0) is 17.8 Å². The molecule has 0 saturated carbocycles. The van der Waals surface area contributed by atoms with Crippen LogP contribution in [0.4, 0.5) is 0 Å². The highest BCUT2D eigenvalue weighted by atomic mass is 16.5. The number of nitrogens with zero attached hydrogens (tertiary/aromatic N) is 1. The first kappa shape index (κ1) is 22.2. The minimum atomic E-state index is -1.10. The van der Waals surface area contributed by atoms with Crippen molar-refractivity contribution in [2.45, 2.75) is 19.1 Å². The molecule has 0 unspecified atom stereocenters. The Morgan fingerprint density at radius 1 is 0.971 bits per heavy atom. The van der Waals surface area contributed by atoms with Gasteiger partial charge in [0, 0.05) is 29.8 Å². The average molecular weight is 466 g/mol. The molecule has 0 fully saturated rings. The number of ether oxygens (including phenoxy) is 1. The van der Waals surface area contributed by atoms with Gasteiger partial charge in [-0.3, -0.25) is 4.79 Å². The van der Waals surface area contributed by atoms with E-state index in [1.54, 1.807) is 30.6 Å². The molecule has 0 bridgehead atoms. The number of hydrogen-bond acceptors (Lipinski definition) is 4. The van der Waals surface area contributed by atoms with Crippen LogP contribution in [0.1, 0.15) is 21.5 Å². The lowest BCUT2D eigenvalue weighted by Gasteiger charge is -2.15. The van der Waals surface area contributed by atoms with Crippen LogP contribution in [0.5, 0.6) is 5.75 Å². The van der Waals surface area contributed by atoms with E-state index in [1.165, 1.54) is 0 Å². The Bertz CT molecular complexity index is 1510. The number of aromatic amines is 1. The first-order valence-electron chi connectivity index (χ1n) is 11.2. The second-order valence-electron chi connectivity index (χ2n) is 8.28. The number of benzene rings is 3. The third kappa shape index (κ3) is 4.99. The number of fused-ring (bicyclic) bond motifs is 2. The Labute approximate surface area is 201 Å². The molecule has 3 aromatic carbocycles. The molecule has 0 radical (unpaired) electrons. The van der Waals surface area contributed by atoms with Crippen LogP contribution in [0.15, 0.2) is 91.3 Å². The molecular formula is C28H23N3O4. The zero-order valence-electron chi connectivity index (χ0n) is 18.8. The molecular weight excluding hydrogens is 442 g/mol. The normalized spacial score (nSPS) is 11.9. The average Bonchev–Trinajstić information content (AvgIpc) is 3.30. The highest BCUT2D eigenvalue weighted by Crippen LogP contribution is 2.23. The van der Waals surface area contributed by atoms with Gasteiger partial charge >= 0.3 is 5.97 Å². The van der Waals surface area contributed by atoms with Crippen molar-refractivity contribution in [1.29, 1.82) is 0 Å². The van der Waals surface area contributed by atoms with E-state index in [2.05, 4.69) is 15.3 Å². The summed E-state index contributed by atoms with van der Waals surface area (Å²) in [6.07, 6.45) is 3.53. The number of aromatic nitrogens is 2. The van der Waals surface area contributed by atoms with E-state index in [1.807, 2.05) is 60.7 Å². The summed E-state index contributed by atoms with van der Waals surface area (Å²) in [4.78, 5) is 32.0. The summed E-state index contributed by atoms with van der Waals surface area (Å²) in [5, 5.41) is 15.0. The molecule has 174 valence electrons. The van der Waals surface area contributed by atoms with Crippen molar-refractivity contribution in [2.75, 3.05) is 0 Å². The molecule has 3 N–H and O–H groups in total. The van der Waals surface area contributed by atoms with Gasteiger partial charge < -0.3 is 20.1 Å². The fourth-order valence-corrected chi connectivity index (χ4v) is 4.04. The van der Waals surface area contributed by atoms with Crippen molar-refractivity contribution in [1.82, 2.24) is 15.3 Å². The fourth-order valence-electron chi connectivity index (χ4n) is 4.04. The van der Waals surface area contributed by atoms with Gasteiger partial charge in [-0.1, -0.05) is 42.5 Å². The van der Waals surface area contributed by atoms with E-state index < -0.39 is 17.9 Å². The van der Waals surface area contributed by atoms with Gasteiger partial charge in [0.25, 0.3) is 5.91 Å². The van der Waals surface area contributed by atoms with E-state index in [-0.39, 0.29) is 6.42 Å². The zero-order valence-corrected chi connectivity index (χ0v) is 18.8. The molecule has 7 heteroatoms. The minimum Gasteiger partial charge on any atom is -0.489 e. The van der Waals surface area contributed by atoms with Crippen LogP contribution in [0.3, 0.4) is 0 Å². The van der Waals surface area contributed by atoms with Crippen LogP contribution < -0.4 is 10.1 Å². The summed E-state index contributed by atoms with van der Waals surface area (Å²) in [7, 11) is 0. The molecule has 0 aliphatic rings. The SMILES string of the molecule is O=C(N[C@@H](Cc1c[nH]c2ncccc12)C(=O)O)c1ccc2cc(OCc3ccccc3)ccc2c1. The van der Waals surface area contributed by atoms with Gasteiger partial charge in [-0.05, 0) is 58.3 Å². The molecule has 7 nitrogen and oxygen atoms in total. The van der Waals surface area contributed by atoms with Crippen LogP contribution in [-0.4, -0.2) is 33.0 Å². The zero-order chi connectivity index (χ0) is 24.2. The van der Waals surface area contributed by atoms with Crippen molar-refractivity contribution in [2.24, 2.45) is 0 Å². The second kappa shape index (κ2) is 9.69. The molecule has 35 heavy (non-hydrogen) atoms. The molecule has 1 atom stereocenters. The van der Waals surface area contributed by atoms with Gasteiger partial charge in [-0.2, -0.15) is 0 Å². The maximum absolute atomic E-state index is 12.9. The predicted octanol–water partition coefficient (Wildman–Crippen LogP) is 4.72. The molecule has 0 aliphatic heterocycles. The topological polar surface area (TPSA) is 104 Å². The summed E-state index contributed by atoms with van der Waals surface area (Å²) < 4.78 is 5.89. The van der Waals surface area contributed by atoms with Gasteiger partial charge in [0.1, 0.15) is 24.0 Å². The van der Waals surface area contributed by atoms with E-state index in [0.29, 0.717) is 17.8 Å². The van der Waals surface area contributed by atoms with Crippen LogP contribution in [0, 0.1) is 0 Å². The summed E-state index contributed by atoms with van der Waals surface area (Å²) in [6, 6.07) is 23.4. The number of aliphatic carboxylic acids is 1. The van der Waals surface area contributed by atoms with Crippen molar-refractivity contribution in [3.8, 4) is 5.75 Å². The van der Waals surface area contributed by atoms with Crippen molar-refractivity contribution >= 4 is 33.7 Å². The Hall–Kier alpha value is -4.65. The van der Waals surface area contributed by atoms with Gasteiger partial charge in [0.15, 0.2) is 0 Å². The number of H-pyrrole nitrogens is 1. The van der Waals surface area contributed by atoms with E-state index >= 15 is 0 Å². The first-order chi connectivity index (χ1) is 17.1. The molecule has 0 aliphatic carbocycles. The monoisotopic (exact) mass is 465 g/mol. The van der Waals surface area contributed by atoms with Gasteiger partial charge in [-0.25, -0.2) is 9.78 Å². The molecule has 0 spiro atoms. The number of rotatable bonds is 8. The predicted molar refractivity (Wildman–Crippen MR) is 133 cm³/mol. The lowest BCUT2D eigenvalue weighted by molar-refractivity contribution is -0.139. The molecule has 2 aromatic heterocycles. The third-order valence-electron chi connectivity index (χ3n) is 5.89. The van der Waals surface area contributed by atoms with E-state index in [4.69, 9.17) is 4.74 Å². The number of pyridine rings is 1. The molecule has 2 heterocycles. The largest absolute Gasteiger partial charge is 0.489 e. The molecule has 0 saturated heterocycles. The molecule has 5 rings (SSSR count). The van der Waals surface area contributed by atoms with Crippen molar-refractivity contribution in [3.05, 3.63) is 108 Å². The number of carboxylic acid groups (broad SMARTS) is 1. The van der Waals surface area contributed by atoms with Crippen molar-refractivity contribution in [3.63, 3.8) is 0 Å². The quantitative estimate of drug-likeness (QED) is 0.308. The molecule has 5 aromatic rings. The maximum atomic E-state index is 12.9. The van der Waals surface area contributed by atoms with Crippen molar-refractivity contribution < 1.29 is 19.4 Å². The number of amides is 1. The Kier molecular flexibility index (Phi) is 6.13. The standard InChI is InChI=1S/C28H23N3O4/c32-27(31-25(28(33)34)15-22-16-30-26-24(22)7-4-12-29-26)21-9-8-20-14-23(11-10-19(20)13-21)35-17-18-5-2-1-3-6-18/h1-14,16,25H,15,17H2,(H,29,30)(H,31,32)(H,33,34)/t25-/m0/s1. The van der Waals surface area contributed by atoms with Gasteiger partial charge in [0.2, 0.25) is 0 Å². The Morgan fingerprint density at radius 2 is 1.77 bits per heavy atom. The minimum absolute atomic E-state index is 0.141. The van der Waals surface area contributed by atoms with E-state index in [0.717, 1.165) is 33.0 Å². The summed E-state index contributed by atoms with van der Waals surface area (Å²) in [5.41, 5.74) is 2.93. The number of carbonyl (C=O) groups is 2. The number of nitrogens with one attached hydrogen (secondary N) is 2. The number of carboxylic acids is 1. The van der Waals surface area contributed by atoms with Gasteiger partial charge in [0.05, 0.1) is 0 Å². The number of carbonyl (C=O) groups excluding carboxylic acids is 1. The summed E-state index contributed by atoms with van der Waals surface area (Å²) in [5.74, 6) is -0.808. The molecule has 1 amide bonds. The van der Waals surface area contributed by atoms with Crippen LogP contribution in [0.25, 0.3) is 21.8 Å². The number of hydrogen-bond donors (Lipinski definition) is 3. The third-order valence-corrected chi connectivity index (χ3v) is 5.89. The van der Waals surface area contributed by atoms with E-state index in [9.17, 15) is 14.7 Å². The van der Waals surface area contributed by atoms with Crippen LogP contribution in [0.2, 0.25) is 0 Å². The maximum Gasteiger partial charge on any atom is 0.326 e. The smallest absolute Gasteiger partial charge is 0.326 e. The summed E-state index contributed by atoms with van der Waals surface area (Å²) in [6.45, 7) is 0.468. The highest BCUT2D eigenvalue weighted by Gasteiger charge is 2.23. The Balaban J connectivity index is 1.29. The first-order valence-corrected chi connectivity index (χ1v) is 11.2. The summed E-state index contributed by atoms with van der Waals surface area (Å²) >= 11 is 0. The Morgan fingerprint density at radius 3 is 2.60 bits per heavy atom. The lowest BCUT2D eigenvalue weighted by atomic mass is 10.0. The fraction of sp³-hybridized carbons (Fsp3) is 0.107.